The second kappa shape index (κ2) is 3.87. The Morgan fingerprint density at radius 2 is 2.21 bits per heavy atom. The summed E-state index contributed by atoms with van der Waals surface area (Å²) in [5.74, 6) is 0. The van der Waals surface area contributed by atoms with Crippen LogP contribution in [0.2, 0.25) is 0 Å². The lowest BCUT2D eigenvalue weighted by Crippen LogP contribution is -2.47. The van der Waals surface area contributed by atoms with E-state index in [0.29, 0.717) is 0 Å². The summed E-state index contributed by atoms with van der Waals surface area (Å²) in [4.78, 5) is 1.24. The van der Waals surface area contributed by atoms with Crippen molar-refractivity contribution in [1.29, 1.82) is 0 Å². The molecule has 0 radical (unpaired) electrons. The van der Waals surface area contributed by atoms with Crippen LogP contribution >= 0.6 is 11.3 Å². The van der Waals surface area contributed by atoms with Gasteiger partial charge in [-0.25, -0.2) is 0 Å². The van der Waals surface area contributed by atoms with Crippen LogP contribution in [0.15, 0.2) is 30.2 Å². The first-order valence-electron chi connectivity index (χ1n) is 4.94. The molecule has 14 heavy (non-hydrogen) atoms. The van der Waals surface area contributed by atoms with Gasteiger partial charge in [0.15, 0.2) is 0 Å². The fourth-order valence-corrected chi connectivity index (χ4v) is 2.74. The molecule has 0 amide bonds. The first-order chi connectivity index (χ1) is 6.48. The zero-order chi connectivity index (χ0) is 10.8. The van der Waals surface area contributed by atoms with Gasteiger partial charge in [0.05, 0.1) is 5.54 Å². The fourth-order valence-electron chi connectivity index (χ4n) is 1.66. The van der Waals surface area contributed by atoms with Crippen LogP contribution in [0.4, 0.5) is 0 Å². The van der Waals surface area contributed by atoms with Crippen LogP contribution < -0.4 is 5.73 Å². The highest BCUT2D eigenvalue weighted by Crippen LogP contribution is 2.42. The Labute approximate surface area is 90.6 Å². The van der Waals surface area contributed by atoms with Gasteiger partial charge < -0.3 is 5.73 Å². The second-order valence-electron chi connectivity index (χ2n) is 4.23. The lowest BCUT2D eigenvalue weighted by Gasteiger charge is -2.41. The van der Waals surface area contributed by atoms with Crippen LogP contribution in [-0.4, -0.2) is 0 Å². The Bertz CT molecular complexity index is 300. The lowest BCUT2D eigenvalue weighted by atomic mass is 9.70. The van der Waals surface area contributed by atoms with Crippen LogP contribution in [0.1, 0.15) is 32.1 Å². The molecule has 0 saturated carbocycles. The third-order valence-electron chi connectivity index (χ3n) is 3.18. The minimum atomic E-state index is -0.289. The highest BCUT2D eigenvalue weighted by atomic mass is 32.1. The van der Waals surface area contributed by atoms with Crippen LogP contribution in [0, 0.1) is 5.41 Å². The number of thiophene rings is 1. The SMILES string of the molecule is C=CC(C)(C)C(N)(CC)c1cccs1. The molecule has 0 fully saturated rings. The van der Waals surface area contributed by atoms with Gasteiger partial charge in [-0.1, -0.05) is 32.9 Å². The van der Waals surface area contributed by atoms with Gasteiger partial charge in [0.1, 0.15) is 0 Å². The molecule has 0 bridgehead atoms. The normalized spacial score (nSPS) is 16.3. The van der Waals surface area contributed by atoms with Crippen molar-refractivity contribution in [2.24, 2.45) is 11.1 Å². The quantitative estimate of drug-likeness (QED) is 0.754. The molecular formula is C12H19NS. The molecule has 0 saturated heterocycles. The Morgan fingerprint density at radius 3 is 2.57 bits per heavy atom. The van der Waals surface area contributed by atoms with Crippen LogP contribution in [0.5, 0.6) is 0 Å². The van der Waals surface area contributed by atoms with Gasteiger partial charge >= 0.3 is 0 Å². The molecular weight excluding hydrogens is 190 g/mol. The first kappa shape index (κ1) is 11.5. The predicted molar refractivity (Wildman–Crippen MR) is 64.5 cm³/mol. The van der Waals surface area contributed by atoms with Gasteiger partial charge in [-0.05, 0) is 17.9 Å². The second-order valence-corrected chi connectivity index (χ2v) is 5.18. The van der Waals surface area contributed by atoms with Crippen LogP contribution in [0.25, 0.3) is 0 Å². The molecule has 2 N–H and O–H groups in total. The number of hydrogen-bond donors (Lipinski definition) is 1. The summed E-state index contributed by atoms with van der Waals surface area (Å²) in [6.07, 6.45) is 2.88. The molecule has 1 rings (SSSR count). The molecule has 1 heterocycles. The van der Waals surface area contributed by atoms with Gasteiger partial charge in [0.2, 0.25) is 0 Å². The summed E-state index contributed by atoms with van der Waals surface area (Å²) in [5.41, 5.74) is 6.12. The average Bonchev–Trinajstić information content (AvgIpc) is 2.69. The van der Waals surface area contributed by atoms with Gasteiger partial charge in [0, 0.05) is 10.3 Å². The summed E-state index contributed by atoms with van der Waals surface area (Å²) < 4.78 is 0. The van der Waals surface area contributed by atoms with E-state index >= 15 is 0 Å². The van der Waals surface area contributed by atoms with Gasteiger partial charge in [-0.2, -0.15) is 0 Å². The fraction of sp³-hybridized carbons (Fsp3) is 0.500. The average molecular weight is 209 g/mol. The van der Waals surface area contributed by atoms with Crippen molar-refractivity contribution >= 4 is 11.3 Å². The van der Waals surface area contributed by atoms with E-state index in [-0.39, 0.29) is 11.0 Å². The summed E-state index contributed by atoms with van der Waals surface area (Å²) in [7, 11) is 0. The van der Waals surface area contributed by atoms with Crippen molar-refractivity contribution < 1.29 is 0 Å². The molecule has 0 spiro atoms. The minimum absolute atomic E-state index is 0.0768. The van der Waals surface area contributed by atoms with E-state index in [0.717, 1.165) is 6.42 Å². The van der Waals surface area contributed by atoms with Gasteiger partial charge in [0.25, 0.3) is 0 Å². The maximum atomic E-state index is 6.49. The van der Waals surface area contributed by atoms with Crippen molar-refractivity contribution in [2.75, 3.05) is 0 Å². The molecule has 1 nitrogen and oxygen atoms in total. The molecule has 1 unspecified atom stereocenters. The standard InChI is InChI=1S/C12H19NS/c1-5-11(3,4)12(13,6-2)10-8-7-9-14-10/h5,7-9H,1,6,13H2,2-4H3. The predicted octanol–water partition coefficient (Wildman–Crippen LogP) is 3.52. The first-order valence-corrected chi connectivity index (χ1v) is 5.82. The van der Waals surface area contributed by atoms with E-state index in [9.17, 15) is 0 Å². The molecule has 0 aliphatic rings. The highest BCUT2D eigenvalue weighted by Gasteiger charge is 2.40. The summed E-state index contributed by atoms with van der Waals surface area (Å²) >= 11 is 1.72. The lowest BCUT2D eigenvalue weighted by molar-refractivity contribution is 0.223. The molecule has 1 aromatic heterocycles. The van der Waals surface area contributed by atoms with Crippen LogP contribution in [0.3, 0.4) is 0 Å². The zero-order valence-electron chi connectivity index (χ0n) is 9.21. The number of nitrogens with two attached hydrogens (primary N) is 1. The molecule has 1 atom stereocenters. The number of hydrogen-bond acceptors (Lipinski definition) is 2. The summed E-state index contributed by atoms with van der Waals surface area (Å²) in [5, 5.41) is 2.08. The maximum absolute atomic E-state index is 6.49. The zero-order valence-corrected chi connectivity index (χ0v) is 10.0. The van der Waals surface area contributed by atoms with E-state index in [4.69, 9.17) is 5.73 Å². The van der Waals surface area contributed by atoms with Crippen molar-refractivity contribution in [3.05, 3.63) is 35.0 Å². The molecule has 2 heteroatoms. The third kappa shape index (κ3) is 1.64. The molecule has 0 aromatic carbocycles. The summed E-state index contributed by atoms with van der Waals surface area (Å²) in [6.45, 7) is 10.3. The van der Waals surface area contributed by atoms with E-state index < -0.39 is 0 Å². The van der Waals surface area contributed by atoms with E-state index in [1.165, 1.54) is 4.88 Å². The topological polar surface area (TPSA) is 26.0 Å². The largest absolute Gasteiger partial charge is 0.320 e. The minimum Gasteiger partial charge on any atom is -0.320 e. The van der Waals surface area contributed by atoms with Crippen molar-refractivity contribution in [3.8, 4) is 0 Å². The summed E-state index contributed by atoms with van der Waals surface area (Å²) in [6, 6.07) is 4.16. The Balaban J connectivity index is 3.16. The Kier molecular flexibility index (Phi) is 3.17. The third-order valence-corrected chi connectivity index (χ3v) is 4.23. The highest BCUT2D eigenvalue weighted by molar-refractivity contribution is 7.10. The molecule has 0 aliphatic carbocycles. The Hall–Kier alpha value is -0.600. The van der Waals surface area contributed by atoms with Gasteiger partial charge in [-0.15, -0.1) is 17.9 Å². The monoisotopic (exact) mass is 209 g/mol. The molecule has 1 aromatic rings. The Morgan fingerprint density at radius 1 is 1.57 bits per heavy atom. The molecule has 78 valence electrons. The van der Waals surface area contributed by atoms with E-state index in [1.54, 1.807) is 11.3 Å². The van der Waals surface area contributed by atoms with Crippen LogP contribution in [-0.2, 0) is 5.54 Å². The van der Waals surface area contributed by atoms with E-state index in [2.05, 4.69) is 44.9 Å². The number of rotatable bonds is 4. The van der Waals surface area contributed by atoms with E-state index in [1.807, 2.05) is 6.08 Å². The molecule has 0 aliphatic heterocycles. The van der Waals surface area contributed by atoms with Gasteiger partial charge in [-0.3, -0.25) is 0 Å². The van der Waals surface area contributed by atoms with Crippen molar-refractivity contribution in [2.45, 2.75) is 32.7 Å². The maximum Gasteiger partial charge on any atom is 0.0587 e. The van der Waals surface area contributed by atoms with Crippen molar-refractivity contribution in [3.63, 3.8) is 0 Å². The van der Waals surface area contributed by atoms with Crippen molar-refractivity contribution in [1.82, 2.24) is 0 Å². The smallest absolute Gasteiger partial charge is 0.0587 e.